The van der Waals surface area contributed by atoms with Gasteiger partial charge in [0.1, 0.15) is 11.9 Å². The van der Waals surface area contributed by atoms with E-state index in [0.717, 1.165) is 60.2 Å². The first-order valence-corrected chi connectivity index (χ1v) is 14.5. The molecule has 1 amide bonds. The number of piperidine rings is 1. The molecule has 1 fully saturated rings. The molecule has 0 unspecified atom stereocenters. The number of nitrogens with zero attached hydrogens (tertiary/aromatic N) is 5. The first kappa shape index (κ1) is 31.6. The molecule has 1 aliphatic rings. The minimum absolute atomic E-state index is 0.00128. The van der Waals surface area contributed by atoms with Crippen molar-refractivity contribution in [2.45, 2.75) is 72.2 Å². The van der Waals surface area contributed by atoms with Crippen molar-refractivity contribution in [3.63, 3.8) is 0 Å². The van der Waals surface area contributed by atoms with Crippen LogP contribution in [0.5, 0.6) is 0 Å². The van der Waals surface area contributed by atoms with Gasteiger partial charge in [-0.05, 0) is 82.9 Å². The molecule has 4 aromatic heterocycles. The van der Waals surface area contributed by atoms with Crippen molar-refractivity contribution in [2.75, 3.05) is 19.6 Å². The van der Waals surface area contributed by atoms with E-state index in [0.29, 0.717) is 18.3 Å². The number of aryl methyl sites for hydroxylation is 2. The first-order chi connectivity index (χ1) is 20.4. The molecule has 43 heavy (non-hydrogen) atoms. The minimum atomic E-state index is -0.482. The van der Waals surface area contributed by atoms with Gasteiger partial charge in [-0.25, -0.2) is 4.79 Å². The molecule has 0 aromatic carbocycles. The van der Waals surface area contributed by atoms with E-state index in [4.69, 9.17) is 4.74 Å². The van der Waals surface area contributed by atoms with Crippen LogP contribution in [0, 0.1) is 13.8 Å². The molecular weight excluding hydrogens is 548 g/mol. The van der Waals surface area contributed by atoms with Gasteiger partial charge in [-0.15, -0.1) is 0 Å². The monoisotopic (exact) mass is 588 g/mol. The molecule has 0 bridgehead atoms. The molecule has 5 heterocycles. The number of hydrogen-bond acceptors (Lipinski definition) is 8. The first-order valence-electron chi connectivity index (χ1n) is 14.5. The second-order valence-corrected chi connectivity index (χ2v) is 11.9. The van der Waals surface area contributed by atoms with E-state index >= 15 is 0 Å². The summed E-state index contributed by atoms with van der Waals surface area (Å²) >= 11 is 0. The summed E-state index contributed by atoms with van der Waals surface area (Å²) in [6, 6.07) is 10.5. The van der Waals surface area contributed by atoms with Crippen molar-refractivity contribution in [3.8, 4) is 0 Å². The predicted molar refractivity (Wildman–Crippen MR) is 166 cm³/mol. The number of likely N-dealkylation sites (tertiary alicyclic amines) is 1. The van der Waals surface area contributed by atoms with E-state index in [9.17, 15) is 19.2 Å². The fraction of sp³-hybridized carbons (Fsp3) is 0.438. The van der Waals surface area contributed by atoms with Gasteiger partial charge in [0, 0.05) is 56.7 Å². The maximum Gasteiger partial charge on any atom is 0.407 e. The summed E-state index contributed by atoms with van der Waals surface area (Å²) in [5.41, 5.74) is 4.50. The number of nitrogens with one attached hydrogen (secondary N) is 1. The van der Waals surface area contributed by atoms with Gasteiger partial charge in [-0.3, -0.25) is 24.1 Å². The summed E-state index contributed by atoms with van der Waals surface area (Å²) in [4.78, 5) is 57.2. The van der Waals surface area contributed by atoms with Crippen molar-refractivity contribution in [1.82, 2.24) is 29.3 Å². The zero-order valence-electron chi connectivity index (χ0n) is 25.5. The zero-order chi connectivity index (χ0) is 31.1. The quantitative estimate of drug-likeness (QED) is 0.339. The van der Waals surface area contributed by atoms with Crippen molar-refractivity contribution in [1.29, 1.82) is 0 Å². The fourth-order valence-corrected chi connectivity index (χ4v) is 5.05. The highest BCUT2D eigenvalue weighted by molar-refractivity contribution is 5.76. The van der Waals surface area contributed by atoms with E-state index in [1.165, 1.54) is 10.6 Å². The van der Waals surface area contributed by atoms with Crippen molar-refractivity contribution in [3.05, 3.63) is 80.6 Å². The van der Waals surface area contributed by atoms with E-state index < -0.39 is 5.60 Å². The minimum Gasteiger partial charge on any atom is -0.444 e. The Morgan fingerprint density at radius 2 is 1.44 bits per heavy atom. The standard InChI is InChI=1S/C21H30N4O3.C11H10N2O2/c1-15-13-18-17(22-14-15)5-6-19(26)25(18)12-11-24-9-7-16(8-10-24)23-20(27)28-21(2,3)4;1-8-6-10-9(12-7-8)2-3-11(15)13(10)4-5-14/h5-6,13-14,16H,7-12H2,1-4H3,(H,23,27);2-3,5-7H,4H2,1H3. The summed E-state index contributed by atoms with van der Waals surface area (Å²) < 4.78 is 8.55. The Labute approximate surface area is 250 Å². The lowest BCUT2D eigenvalue weighted by atomic mass is 10.1. The molecule has 1 aliphatic heterocycles. The summed E-state index contributed by atoms with van der Waals surface area (Å²) in [6.07, 6.45) is 5.67. The van der Waals surface area contributed by atoms with Gasteiger partial charge < -0.3 is 24.3 Å². The second-order valence-electron chi connectivity index (χ2n) is 11.9. The number of amides is 1. The maximum absolute atomic E-state index is 12.4. The van der Waals surface area contributed by atoms with Crippen LogP contribution in [0.2, 0.25) is 0 Å². The summed E-state index contributed by atoms with van der Waals surface area (Å²) in [5, 5.41) is 2.96. The second kappa shape index (κ2) is 13.7. The molecule has 0 aliphatic carbocycles. The molecule has 1 saturated heterocycles. The molecule has 0 spiro atoms. The van der Waals surface area contributed by atoms with Crippen LogP contribution in [0.1, 0.15) is 44.7 Å². The van der Waals surface area contributed by atoms with Gasteiger partial charge in [-0.2, -0.15) is 0 Å². The number of carbonyl (C=O) groups excluding carboxylic acids is 2. The predicted octanol–water partition coefficient (Wildman–Crippen LogP) is 3.60. The van der Waals surface area contributed by atoms with Crippen molar-refractivity contribution in [2.24, 2.45) is 0 Å². The highest BCUT2D eigenvalue weighted by Crippen LogP contribution is 2.15. The van der Waals surface area contributed by atoms with Crippen LogP contribution in [0.25, 0.3) is 22.1 Å². The van der Waals surface area contributed by atoms with Crippen LogP contribution >= 0.6 is 0 Å². The number of aldehydes is 1. The fourth-order valence-electron chi connectivity index (χ4n) is 5.05. The summed E-state index contributed by atoms with van der Waals surface area (Å²) in [6.45, 7) is 12.7. The zero-order valence-corrected chi connectivity index (χ0v) is 25.5. The lowest BCUT2D eigenvalue weighted by molar-refractivity contribution is -0.108. The summed E-state index contributed by atoms with van der Waals surface area (Å²) in [7, 11) is 0. The Bertz CT molecular complexity index is 1710. The van der Waals surface area contributed by atoms with Crippen molar-refractivity contribution >= 4 is 34.4 Å². The van der Waals surface area contributed by atoms with Crippen LogP contribution in [0.3, 0.4) is 0 Å². The third kappa shape index (κ3) is 8.57. The van der Waals surface area contributed by atoms with E-state index in [2.05, 4.69) is 20.2 Å². The summed E-state index contributed by atoms with van der Waals surface area (Å²) in [5.74, 6) is 0. The van der Waals surface area contributed by atoms with Crippen molar-refractivity contribution < 1.29 is 14.3 Å². The third-order valence-corrected chi connectivity index (χ3v) is 7.15. The van der Waals surface area contributed by atoms with E-state index in [-0.39, 0.29) is 29.8 Å². The van der Waals surface area contributed by atoms with Crippen LogP contribution in [0.4, 0.5) is 4.79 Å². The molecular formula is C32H40N6O5. The highest BCUT2D eigenvalue weighted by atomic mass is 16.6. The number of carbonyl (C=O) groups is 2. The highest BCUT2D eigenvalue weighted by Gasteiger charge is 2.23. The van der Waals surface area contributed by atoms with Crippen LogP contribution in [0.15, 0.2) is 58.4 Å². The molecule has 0 saturated carbocycles. The largest absolute Gasteiger partial charge is 0.444 e. The average Bonchev–Trinajstić information content (AvgIpc) is 2.94. The number of fused-ring (bicyclic) bond motifs is 2. The average molecular weight is 589 g/mol. The van der Waals surface area contributed by atoms with Gasteiger partial charge >= 0.3 is 6.09 Å². The number of pyridine rings is 4. The van der Waals surface area contributed by atoms with Gasteiger partial charge in [0.05, 0.1) is 28.6 Å². The molecule has 5 rings (SSSR count). The Morgan fingerprint density at radius 1 is 0.907 bits per heavy atom. The van der Waals surface area contributed by atoms with Crippen LogP contribution < -0.4 is 16.4 Å². The molecule has 4 aromatic rings. The maximum atomic E-state index is 12.4. The smallest absolute Gasteiger partial charge is 0.407 e. The van der Waals surface area contributed by atoms with Gasteiger partial charge in [0.15, 0.2) is 0 Å². The number of hydrogen-bond donors (Lipinski definition) is 1. The Morgan fingerprint density at radius 3 is 1.98 bits per heavy atom. The topological polar surface area (TPSA) is 128 Å². The van der Waals surface area contributed by atoms with Crippen LogP contribution in [-0.4, -0.2) is 67.7 Å². The Kier molecular flexibility index (Phi) is 10.1. The molecule has 0 atom stereocenters. The van der Waals surface area contributed by atoms with Gasteiger partial charge in [-0.1, -0.05) is 0 Å². The molecule has 228 valence electrons. The molecule has 1 N–H and O–H groups in total. The number of ether oxygens (including phenoxy) is 1. The number of aromatic nitrogens is 4. The van der Waals surface area contributed by atoms with Crippen LogP contribution in [-0.2, 0) is 22.6 Å². The Hall–Kier alpha value is -4.38. The third-order valence-electron chi connectivity index (χ3n) is 7.15. The normalized spacial score (nSPS) is 14.3. The molecule has 0 radical (unpaired) electrons. The lowest BCUT2D eigenvalue weighted by Crippen LogP contribution is -2.46. The molecule has 11 heteroatoms. The molecule has 11 nitrogen and oxygen atoms in total. The van der Waals surface area contributed by atoms with E-state index in [1.807, 2.05) is 52.9 Å². The number of rotatable bonds is 6. The van der Waals surface area contributed by atoms with Gasteiger partial charge in [0.25, 0.3) is 11.1 Å². The van der Waals surface area contributed by atoms with Gasteiger partial charge in [0.2, 0.25) is 0 Å². The Balaban J connectivity index is 0.000000237. The SMILES string of the molecule is Cc1cnc2ccc(=O)n(CC=O)c2c1.Cc1cnc2ccc(=O)n(CCN3CCC(NC(=O)OC(C)(C)C)CC3)c2c1. The lowest BCUT2D eigenvalue weighted by Gasteiger charge is -2.33. The van der Waals surface area contributed by atoms with E-state index in [1.54, 1.807) is 29.0 Å². The number of alkyl carbamates (subject to hydrolysis) is 1.